The summed E-state index contributed by atoms with van der Waals surface area (Å²) in [4.78, 5) is 0. The molecule has 0 radical (unpaired) electrons. The fourth-order valence-electron chi connectivity index (χ4n) is 2.41. The molecule has 1 fully saturated rings. The summed E-state index contributed by atoms with van der Waals surface area (Å²) >= 11 is 12.2. The van der Waals surface area contributed by atoms with E-state index < -0.39 is 0 Å². The number of ether oxygens (including phenoxy) is 1. The van der Waals surface area contributed by atoms with E-state index in [0.717, 1.165) is 35.2 Å². The molecule has 0 bridgehead atoms. The van der Waals surface area contributed by atoms with Gasteiger partial charge in [-0.2, -0.15) is 0 Å². The van der Waals surface area contributed by atoms with Crippen molar-refractivity contribution in [2.45, 2.75) is 32.4 Å². The average molecular weight is 288 g/mol. The Kier molecular flexibility index (Phi) is 4.91. The lowest BCUT2D eigenvalue weighted by atomic mass is 9.98. The van der Waals surface area contributed by atoms with E-state index in [1.165, 1.54) is 0 Å². The van der Waals surface area contributed by atoms with E-state index in [2.05, 4.69) is 19.2 Å². The molecule has 100 valence electrons. The van der Waals surface area contributed by atoms with Crippen molar-refractivity contribution < 1.29 is 4.74 Å². The molecular formula is C14H19Cl2NO. The Bertz CT molecular complexity index is 405. The zero-order valence-electron chi connectivity index (χ0n) is 10.7. The highest BCUT2D eigenvalue weighted by molar-refractivity contribution is 6.33. The van der Waals surface area contributed by atoms with Crippen molar-refractivity contribution in [2.24, 2.45) is 5.92 Å². The predicted octanol–water partition coefficient (Wildman–Crippen LogP) is 4.07. The molecule has 18 heavy (non-hydrogen) atoms. The van der Waals surface area contributed by atoms with E-state index in [4.69, 9.17) is 27.9 Å². The molecule has 2 rings (SSSR count). The Hall–Kier alpha value is -0.280. The maximum Gasteiger partial charge on any atom is 0.0509 e. The molecule has 0 aromatic heterocycles. The molecule has 3 atom stereocenters. The Labute approximate surface area is 119 Å². The maximum absolute atomic E-state index is 6.21. The monoisotopic (exact) mass is 287 g/mol. The van der Waals surface area contributed by atoms with Crippen LogP contribution in [0.5, 0.6) is 0 Å². The summed E-state index contributed by atoms with van der Waals surface area (Å²) in [6.07, 6.45) is 1.13. The highest BCUT2D eigenvalue weighted by Crippen LogP contribution is 2.27. The van der Waals surface area contributed by atoms with Gasteiger partial charge in [0.25, 0.3) is 0 Å². The standard InChI is InChI=1S/C14H19Cl2NO/c1-9(11-5-6-18-8-11)17-10(2)13-7-12(15)3-4-14(13)16/h3-4,7,9-11,17H,5-6,8H2,1-2H3. The van der Waals surface area contributed by atoms with Crippen molar-refractivity contribution in [3.05, 3.63) is 33.8 Å². The quantitative estimate of drug-likeness (QED) is 0.901. The van der Waals surface area contributed by atoms with Gasteiger partial charge in [-0.25, -0.2) is 0 Å². The lowest BCUT2D eigenvalue weighted by molar-refractivity contribution is 0.177. The molecule has 1 N–H and O–H groups in total. The summed E-state index contributed by atoms with van der Waals surface area (Å²) in [5, 5.41) is 5.06. The minimum atomic E-state index is 0.187. The van der Waals surface area contributed by atoms with Crippen molar-refractivity contribution in [2.75, 3.05) is 13.2 Å². The first-order valence-corrected chi connectivity index (χ1v) is 7.12. The van der Waals surface area contributed by atoms with Crippen LogP contribution in [0.1, 0.15) is 31.9 Å². The third-order valence-corrected chi connectivity index (χ3v) is 4.19. The fourth-order valence-corrected chi connectivity index (χ4v) is 2.88. The molecule has 4 heteroatoms. The van der Waals surface area contributed by atoms with Crippen LogP contribution in [0.15, 0.2) is 18.2 Å². The molecule has 1 aromatic rings. The van der Waals surface area contributed by atoms with Gasteiger partial charge in [0.05, 0.1) is 6.61 Å². The Balaban J connectivity index is 2.02. The Morgan fingerprint density at radius 3 is 2.78 bits per heavy atom. The van der Waals surface area contributed by atoms with Crippen LogP contribution in [0.3, 0.4) is 0 Å². The highest BCUT2D eigenvalue weighted by Gasteiger charge is 2.24. The minimum Gasteiger partial charge on any atom is -0.381 e. The van der Waals surface area contributed by atoms with Gasteiger partial charge in [-0.1, -0.05) is 23.2 Å². The molecule has 1 aliphatic rings. The predicted molar refractivity (Wildman–Crippen MR) is 76.4 cm³/mol. The maximum atomic E-state index is 6.21. The number of hydrogen-bond donors (Lipinski definition) is 1. The van der Waals surface area contributed by atoms with Crippen LogP contribution in [-0.2, 0) is 4.74 Å². The van der Waals surface area contributed by atoms with E-state index in [1.807, 2.05) is 18.2 Å². The number of rotatable bonds is 4. The topological polar surface area (TPSA) is 21.3 Å². The first kappa shape index (κ1) is 14.1. The lowest BCUT2D eigenvalue weighted by Crippen LogP contribution is -2.35. The largest absolute Gasteiger partial charge is 0.381 e. The molecule has 3 unspecified atom stereocenters. The summed E-state index contributed by atoms with van der Waals surface area (Å²) in [5.74, 6) is 0.588. The number of nitrogens with one attached hydrogen (secondary N) is 1. The van der Waals surface area contributed by atoms with Crippen LogP contribution >= 0.6 is 23.2 Å². The minimum absolute atomic E-state index is 0.187. The van der Waals surface area contributed by atoms with Gasteiger partial charge in [0, 0.05) is 28.7 Å². The SMILES string of the molecule is CC(NC(C)C1CCOC1)c1cc(Cl)ccc1Cl. The van der Waals surface area contributed by atoms with Crippen LogP contribution in [0.4, 0.5) is 0 Å². The van der Waals surface area contributed by atoms with E-state index in [0.29, 0.717) is 12.0 Å². The zero-order valence-corrected chi connectivity index (χ0v) is 12.3. The van der Waals surface area contributed by atoms with E-state index >= 15 is 0 Å². The van der Waals surface area contributed by atoms with Gasteiger partial charge in [-0.3, -0.25) is 0 Å². The summed E-state index contributed by atoms with van der Waals surface area (Å²) in [6, 6.07) is 6.19. The van der Waals surface area contributed by atoms with E-state index in [1.54, 1.807) is 0 Å². The van der Waals surface area contributed by atoms with Gasteiger partial charge < -0.3 is 10.1 Å². The Morgan fingerprint density at radius 2 is 2.11 bits per heavy atom. The van der Waals surface area contributed by atoms with Gasteiger partial charge in [0.15, 0.2) is 0 Å². The molecule has 0 amide bonds. The first-order chi connectivity index (χ1) is 8.58. The fraction of sp³-hybridized carbons (Fsp3) is 0.571. The van der Waals surface area contributed by atoms with Crippen molar-refractivity contribution in [3.8, 4) is 0 Å². The molecule has 0 spiro atoms. The summed E-state index contributed by atoms with van der Waals surface area (Å²) in [6.45, 7) is 6.05. The molecule has 0 aliphatic carbocycles. The van der Waals surface area contributed by atoms with Gasteiger partial charge in [0.2, 0.25) is 0 Å². The first-order valence-electron chi connectivity index (χ1n) is 6.36. The van der Waals surface area contributed by atoms with Gasteiger partial charge in [-0.05, 0) is 49.9 Å². The third-order valence-electron chi connectivity index (χ3n) is 3.61. The second kappa shape index (κ2) is 6.25. The van der Waals surface area contributed by atoms with Crippen LogP contribution in [0.25, 0.3) is 0 Å². The van der Waals surface area contributed by atoms with Crippen molar-refractivity contribution >= 4 is 23.2 Å². The molecular weight excluding hydrogens is 269 g/mol. The smallest absolute Gasteiger partial charge is 0.0509 e. The van der Waals surface area contributed by atoms with Gasteiger partial charge in [-0.15, -0.1) is 0 Å². The van der Waals surface area contributed by atoms with Crippen LogP contribution in [0, 0.1) is 5.92 Å². The number of hydrogen-bond acceptors (Lipinski definition) is 2. The van der Waals surface area contributed by atoms with Crippen LogP contribution < -0.4 is 5.32 Å². The number of halogens is 2. The van der Waals surface area contributed by atoms with Crippen molar-refractivity contribution in [1.29, 1.82) is 0 Å². The van der Waals surface area contributed by atoms with E-state index in [9.17, 15) is 0 Å². The van der Waals surface area contributed by atoms with Crippen molar-refractivity contribution in [3.63, 3.8) is 0 Å². The Morgan fingerprint density at radius 1 is 1.33 bits per heavy atom. The highest BCUT2D eigenvalue weighted by atomic mass is 35.5. The van der Waals surface area contributed by atoms with Gasteiger partial charge >= 0.3 is 0 Å². The molecule has 1 saturated heterocycles. The van der Waals surface area contributed by atoms with Crippen LogP contribution in [-0.4, -0.2) is 19.3 Å². The average Bonchev–Trinajstić information content (AvgIpc) is 2.85. The van der Waals surface area contributed by atoms with Crippen molar-refractivity contribution in [1.82, 2.24) is 5.32 Å². The summed E-state index contributed by atoms with van der Waals surface area (Å²) in [7, 11) is 0. The molecule has 1 aliphatic heterocycles. The summed E-state index contributed by atoms with van der Waals surface area (Å²) in [5.41, 5.74) is 1.05. The molecule has 0 saturated carbocycles. The zero-order chi connectivity index (χ0) is 13.1. The third kappa shape index (κ3) is 3.39. The van der Waals surface area contributed by atoms with Crippen LogP contribution in [0.2, 0.25) is 10.0 Å². The summed E-state index contributed by atoms with van der Waals surface area (Å²) < 4.78 is 5.42. The number of benzene rings is 1. The van der Waals surface area contributed by atoms with E-state index in [-0.39, 0.29) is 6.04 Å². The molecule has 1 heterocycles. The second-order valence-corrected chi connectivity index (χ2v) is 5.81. The van der Waals surface area contributed by atoms with Gasteiger partial charge in [0.1, 0.15) is 0 Å². The molecule has 2 nitrogen and oxygen atoms in total. The second-order valence-electron chi connectivity index (χ2n) is 4.97. The lowest BCUT2D eigenvalue weighted by Gasteiger charge is -2.25. The molecule has 1 aromatic carbocycles. The normalized spacial score (nSPS) is 23.0.